The molecule has 0 spiro atoms. The number of rotatable bonds is 4. The van der Waals surface area contributed by atoms with Gasteiger partial charge in [0.25, 0.3) is 0 Å². The molecule has 0 fully saturated rings. The minimum atomic E-state index is 0.101. The zero-order valence-electron chi connectivity index (χ0n) is 8.77. The van der Waals surface area contributed by atoms with Crippen LogP contribution in [-0.2, 0) is 12.8 Å². The van der Waals surface area contributed by atoms with E-state index in [1.54, 1.807) is 6.20 Å². The van der Waals surface area contributed by atoms with Crippen LogP contribution in [0.25, 0.3) is 0 Å². The second-order valence-electron chi connectivity index (χ2n) is 3.71. The van der Waals surface area contributed by atoms with E-state index < -0.39 is 0 Å². The van der Waals surface area contributed by atoms with E-state index in [1.807, 2.05) is 18.2 Å². The van der Waals surface area contributed by atoms with Crippen molar-refractivity contribution in [3.8, 4) is 0 Å². The van der Waals surface area contributed by atoms with Crippen molar-refractivity contribution in [2.75, 3.05) is 0 Å². The molecule has 1 unspecified atom stereocenters. The number of halogens is 1. The highest BCUT2D eigenvalue weighted by atomic mass is 35.5. The number of nitrogens with two attached hydrogens (primary N) is 1. The first-order chi connectivity index (χ1) is 7.74. The highest BCUT2D eigenvalue weighted by Crippen LogP contribution is 2.19. The standard InChI is InChI=1S/C12H13ClN2S/c13-11-8-15-12(16-11)7-10(14)6-9-4-2-1-3-5-9/h1-5,8,10H,6-7,14H2. The van der Waals surface area contributed by atoms with Crippen molar-refractivity contribution < 1.29 is 0 Å². The Hall–Kier alpha value is -0.900. The maximum atomic E-state index is 6.07. The van der Waals surface area contributed by atoms with Gasteiger partial charge in [-0.3, -0.25) is 0 Å². The molecule has 0 amide bonds. The van der Waals surface area contributed by atoms with Crippen LogP contribution in [-0.4, -0.2) is 11.0 Å². The lowest BCUT2D eigenvalue weighted by molar-refractivity contribution is 0.662. The summed E-state index contributed by atoms with van der Waals surface area (Å²) in [5, 5.41) is 1.01. The van der Waals surface area contributed by atoms with Crippen LogP contribution in [0.3, 0.4) is 0 Å². The first kappa shape index (κ1) is 11.6. The van der Waals surface area contributed by atoms with E-state index in [2.05, 4.69) is 17.1 Å². The zero-order chi connectivity index (χ0) is 11.4. The maximum absolute atomic E-state index is 6.07. The minimum Gasteiger partial charge on any atom is -0.327 e. The third kappa shape index (κ3) is 3.30. The largest absolute Gasteiger partial charge is 0.327 e. The molecular formula is C12H13ClN2S. The molecular weight excluding hydrogens is 240 g/mol. The van der Waals surface area contributed by atoms with Gasteiger partial charge in [0.2, 0.25) is 0 Å². The third-order valence-corrected chi connectivity index (χ3v) is 3.44. The Labute approximate surface area is 104 Å². The van der Waals surface area contributed by atoms with Gasteiger partial charge < -0.3 is 5.73 Å². The van der Waals surface area contributed by atoms with Gasteiger partial charge in [0, 0.05) is 12.5 Å². The second-order valence-corrected chi connectivity index (χ2v) is 5.46. The fourth-order valence-corrected chi connectivity index (χ4v) is 2.64. The summed E-state index contributed by atoms with van der Waals surface area (Å²) in [6.07, 6.45) is 3.33. The first-order valence-electron chi connectivity index (χ1n) is 5.14. The topological polar surface area (TPSA) is 38.9 Å². The highest BCUT2D eigenvalue weighted by Gasteiger charge is 2.08. The van der Waals surface area contributed by atoms with Crippen molar-refractivity contribution in [2.45, 2.75) is 18.9 Å². The molecule has 84 valence electrons. The Balaban J connectivity index is 1.92. The molecule has 0 bridgehead atoms. The summed E-state index contributed by atoms with van der Waals surface area (Å²) < 4.78 is 0.724. The first-order valence-corrected chi connectivity index (χ1v) is 6.33. The smallest absolute Gasteiger partial charge is 0.113 e. The number of aromatic nitrogens is 1. The molecule has 0 aliphatic heterocycles. The van der Waals surface area contributed by atoms with E-state index in [9.17, 15) is 0 Å². The van der Waals surface area contributed by atoms with E-state index in [0.29, 0.717) is 0 Å². The fourth-order valence-electron chi connectivity index (χ4n) is 1.60. The van der Waals surface area contributed by atoms with E-state index >= 15 is 0 Å². The summed E-state index contributed by atoms with van der Waals surface area (Å²) in [7, 11) is 0. The van der Waals surface area contributed by atoms with Gasteiger partial charge in [0.05, 0.1) is 11.2 Å². The average molecular weight is 253 g/mol. The van der Waals surface area contributed by atoms with Crippen molar-refractivity contribution >= 4 is 22.9 Å². The molecule has 1 atom stereocenters. The van der Waals surface area contributed by atoms with Crippen LogP contribution in [0, 0.1) is 0 Å². The predicted octanol–water partition coefficient (Wildman–Crippen LogP) is 2.91. The quantitative estimate of drug-likeness (QED) is 0.909. The SMILES string of the molecule is NC(Cc1ccccc1)Cc1ncc(Cl)s1. The number of nitrogens with zero attached hydrogens (tertiary/aromatic N) is 1. The zero-order valence-corrected chi connectivity index (χ0v) is 10.3. The summed E-state index contributed by atoms with van der Waals surface area (Å²) >= 11 is 7.32. The molecule has 0 aliphatic carbocycles. The lowest BCUT2D eigenvalue weighted by Gasteiger charge is -2.09. The monoisotopic (exact) mass is 252 g/mol. The van der Waals surface area contributed by atoms with Crippen LogP contribution >= 0.6 is 22.9 Å². The van der Waals surface area contributed by atoms with Gasteiger partial charge in [-0.15, -0.1) is 11.3 Å². The molecule has 1 aromatic carbocycles. The van der Waals surface area contributed by atoms with Crippen LogP contribution in [0.4, 0.5) is 0 Å². The maximum Gasteiger partial charge on any atom is 0.113 e. The second kappa shape index (κ2) is 5.43. The molecule has 1 aromatic heterocycles. The van der Waals surface area contributed by atoms with Crippen LogP contribution in [0.5, 0.6) is 0 Å². The van der Waals surface area contributed by atoms with Crippen molar-refractivity contribution in [3.63, 3.8) is 0 Å². The molecule has 2 aromatic rings. The Morgan fingerprint density at radius 1 is 1.25 bits per heavy atom. The Morgan fingerprint density at radius 3 is 2.62 bits per heavy atom. The lowest BCUT2D eigenvalue weighted by atomic mass is 10.0. The van der Waals surface area contributed by atoms with Crippen molar-refractivity contribution in [3.05, 3.63) is 51.4 Å². The normalized spacial score (nSPS) is 12.6. The molecule has 2 nitrogen and oxygen atoms in total. The molecule has 0 aliphatic rings. The molecule has 2 rings (SSSR count). The van der Waals surface area contributed by atoms with Gasteiger partial charge in [-0.2, -0.15) is 0 Å². The van der Waals surface area contributed by atoms with Crippen LogP contribution < -0.4 is 5.73 Å². The van der Waals surface area contributed by atoms with E-state index in [1.165, 1.54) is 16.9 Å². The summed E-state index contributed by atoms with van der Waals surface area (Å²) in [4.78, 5) is 4.20. The molecule has 0 saturated heterocycles. The summed E-state index contributed by atoms with van der Waals surface area (Å²) in [5.41, 5.74) is 7.33. The fraction of sp³-hybridized carbons (Fsp3) is 0.250. The van der Waals surface area contributed by atoms with Crippen molar-refractivity contribution in [1.29, 1.82) is 0 Å². The molecule has 0 saturated carbocycles. The number of thiazole rings is 1. The third-order valence-electron chi connectivity index (χ3n) is 2.30. The Kier molecular flexibility index (Phi) is 3.93. The summed E-state index contributed by atoms with van der Waals surface area (Å²) in [6.45, 7) is 0. The van der Waals surface area contributed by atoms with Crippen molar-refractivity contribution in [1.82, 2.24) is 4.98 Å². The van der Waals surface area contributed by atoms with Gasteiger partial charge in [-0.05, 0) is 12.0 Å². The summed E-state index contributed by atoms with van der Waals surface area (Å²) in [5.74, 6) is 0. The van der Waals surface area contributed by atoms with Gasteiger partial charge in [0.1, 0.15) is 4.34 Å². The number of benzene rings is 1. The Bertz CT molecular complexity index is 441. The van der Waals surface area contributed by atoms with Crippen LogP contribution in [0.15, 0.2) is 36.5 Å². The average Bonchev–Trinajstić information content (AvgIpc) is 2.65. The van der Waals surface area contributed by atoms with Crippen LogP contribution in [0.2, 0.25) is 4.34 Å². The highest BCUT2D eigenvalue weighted by molar-refractivity contribution is 7.15. The molecule has 0 radical (unpaired) electrons. The van der Waals surface area contributed by atoms with Gasteiger partial charge in [-0.25, -0.2) is 4.98 Å². The molecule has 1 heterocycles. The van der Waals surface area contributed by atoms with Gasteiger partial charge >= 0.3 is 0 Å². The molecule has 16 heavy (non-hydrogen) atoms. The number of hydrogen-bond donors (Lipinski definition) is 1. The lowest BCUT2D eigenvalue weighted by Crippen LogP contribution is -2.25. The minimum absolute atomic E-state index is 0.101. The van der Waals surface area contributed by atoms with Crippen LogP contribution in [0.1, 0.15) is 10.6 Å². The van der Waals surface area contributed by atoms with Crippen molar-refractivity contribution in [2.24, 2.45) is 5.73 Å². The van der Waals surface area contributed by atoms with E-state index in [0.717, 1.165) is 22.2 Å². The predicted molar refractivity (Wildman–Crippen MR) is 68.9 cm³/mol. The Morgan fingerprint density at radius 2 is 2.00 bits per heavy atom. The number of hydrogen-bond acceptors (Lipinski definition) is 3. The van der Waals surface area contributed by atoms with E-state index in [4.69, 9.17) is 17.3 Å². The van der Waals surface area contributed by atoms with Gasteiger partial charge in [0.15, 0.2) is 0 Å². The molecule has 2 N–H and O–H groups in total. The van der Waals surface area contributed by atoms with E-state index in [-0.39, 0.29) is 6.04 Å². The molecule has 4 heteroatoms. The summed E-state index contributed by atoms with van der Waals surface area (Å²) in [6, 6.07) is 10.4. The van der Waals surface area contributed by atoms with Gasteiger partial charge in [-0.1, -0.05) is 41.9 Å².